The number of hydrogen-bond donors (Lipinski definition) is 1. The average molecular weight is 394 g/mol. The highest BCUT2D eigenvalue weighted by Gasteiger charge is 2.39. The monoisotopic (exact) mass is 394 g/mol. The van der Waals surface area contributed by atoms with Gasteiger partial charge in [0.15, 0.2) is 16.4 Å². The van der Waals surface area contributed by atoms with Crippen molar-refractivity contribution in [3.8, 4) is 0 Å². The molecule has 2 amide bonds. The van der Waals surface area contributed by atoms with Crippen molar-refractivity contribution in [3.63, 3.8) is 0 Å². The minimum absolute atomic E-state index is 0.0371. The van der Waals surface area contributed by atoms with Crippen molar-refractivity contribution in [1.29, 1.82) is 0 Å². The first-order valence-electron chi connectivity index (χ1n) is 8.76. The van der Waals surface area contributed by atoms with Crippen molar-refractivity contribution < 1.29 is 27.5 Å². The van der Waals surface area contributed by atoms with Crippen molar-refractivity contribution in [2.45, 2.75) is 31.7 Å². The number of carbonyl (C=O) groups excluding carboxylic acids is 3. The topological polar surface area (TPSA) is 110 Å². The highest BCUT2D eigenvalue weighted by Crippen LogP contribution is 2.23. The summed E-state index contributed by atoms with van der Waals surface area (Å²) in [5.41, 5.74) is 0.168. The smallest absolute Gasteiger partial charge is 0.338 e. The standard InChI is InChI=1S/C18H22N2O6S/c1-18(8-10-27(24,25)12-18)19-15(21)11-26-17(23)13-4-6-14(7-5-13)20-9-2-3-16(20)22/h4-7H,2-3,8-12H2,1H3,(H,19,21)/t18-/m0/s1. The third kappa shape index (κ3) is 4.65. The quantitative estimate of drug-likeness (QED) is 0.735. The molecular formula is C18H22N2O6S. The van der Waals surface area contributed by atoms with Gasteiger partial charge in [0.1, 0.15) is 0 Å². The molecule has 1 aromatic carbocycles. The Labute approximate surface area is 157 Å². The minimum atomic E-state index is -3.14. The molecule has 0 radical (unpaired) electrons. The number of rotatable bonds is 5. The van der Waals surface area contributed by atoms with Crippen LogP contribution in [0.2, 0.25) is 0 Å². The molecule has 8 nitrogen and oxygen atoms in total. The molecule has 0 spiro atoms. The predicted molar refractivity (Wildman–Crippen MR) is 98.1 cm³/mol. The lowest BCUT2D eigenvalue weighted by Gasteiger charge is -2.23. The number of nitrogens with one attached hydrogen (secondary N) is 1. The fourth-order valence-corrected chi connectivity index (χ4v) is 5.49. The summed E-state index contributed by atoms with van der Waals surface area (Å²) < 4.78 is 28.1. The largest absolute Gasteiger partial charge is 0.452 e. The highest BCUT2D eigenvalue weighted by atomic mass is 32.2. The van der Waals surface area contributed by atoms with Gasteiger partial charge in [0.2, 0.25) is 5.91 Å². The molecule has 3 rings (SSSR count). The number of ether oxygens (including phenoxy) is 1. The van der Waals surface area contributed by atoms with Crippen LogP contribution in [0.5, 0.6) is 0 Å². The lowest BCUT2D eigenvalue weighted by molar-refractivity contribution is -0.125. The minimum Gasteiger partial charge on any atom is -0.452 e. The first-order valence-corrected chi connectivity index (χ1v) is 10.6. The molecule has 0 saturated carbocycles. The second-order valence-electron chi connectivity index (χ2n) is 7.22. The molecule has 2 aliphatic heterocycles. The van der Waals surface area contributed by atoms with E-state index in [1.54, 1.807) is 36.1 Å². The summed E-state index contributed by atoms with van der Waals surface area (Å²) >= 11 is 0. The Morgan fingerprint density at radius 2 is 1.96 bits per heavy atom. The fraction of sp³-hybridized carbons (Fsp3) is 0.500. The first kappa shape index (κ1) is 19.3. The van der Waals surface area contributed by atoms with Gasteiger partial charge < -0.3 is 15.0 Å². The summed E-state index contributed by atoms with van der Waals surface area (Å²) in [5, 5.41) is 2.63. The lowest BCUT2D eigenvalue weighted by Crippen LogP contribution is -2.48. The van der Waals surface area contributed by atoms with E-state index in [0.717, 1.165) is 12.1 Å². The summed E-state index contributed by atoms with van der Waals surface area (Å²) in [4.78, 5) is 37.5. The van der Waals surface area contributed by atoms with E-state index in [0.29, 0.717) is 19.4 Å². The third-order valence-electron chi connectivity index (χ3n) is 4.77. The molecular weight excluding hydrogens is 372 g/mol. The molecule has 1 aromatic rings. The zero-order valence-corrected chi connectivity index (χ0v) is 15.9. The summed E-state index contributed by atoms with van der Waals surface area (Å²) in [6.07, 6.45) is 1.68. The number of anilines is 1. The van der Waals surface area contributed by atoms with Gasteiger partial charge in [0, 0.05) is 18.7 Å². The van der Waals surface area contributed by atoms with Crippen LogP contribution in [0.25, 0.3) is 0 Å². The second kappa shape index (κ2) is 7.30. The molecule has 0 aromatic heterocycles. The molecule has 0 bridgehead atoms. The van der Waals surface area contributed by atoms with Crippen molar-refractivity contribution in [1.82, 2.24) is 5.32 Å². The van der Waals surface area contributed by atoms with Crippen LogP contribution in [0, 0.1) is 0 Å². The number of esters is 1. The van der Waals surface area contributed by atoms with Gasteiger partial charge in [-0.2, -0.15) is 0 Å². The Hall–Kier alpha value is -2.42. The number of sulfone groups is 1. The van der Waals surface area contributed by atoms with E-state index in [9.17, 15) is 22.8 Å². The Morgan fingerprint density at radius 1 is 1.26 bits per heavy atom. The van der Waals surface area contributed by atoms with Crippen molar-refractivity contribution in [3.05, 3.63) is 29.8 Å². The zero-order valence-electron chi connectivity index (χ0n) is 15.1. The van der Waals surface area contributed by atoms with Crippen molar-refractivity contribution in [2.75, 3.05) is 29.6 Å². The molecule has 27 heavy (non-hydrogen) atoms. The van der Waals surface area contributed by atoms with Crippen LogP contribution < -0.4 is 10.2 Å². The number of carbonyl (C=O) groups is 3. The van der Waals surface area contributed by atoms with Gasteiger partial charge in [-0.3, -0.25) is 9.59 Å². The van der Waals surface area contributed by atoms with Crippen LogP contribution in [-0.4, -0.2) is 56.4 Å². The van der Waals surface area contributed by atoms with Crippen LogP contribution >= 0.6 is 0 Å². The average Bonchev–Trinajstić information content (AvgIpc) is 3.15. The molecule has 2 heterocycles. The van der Waals surface area contributed by atoms with Crippen molar-refractivity contribution in [2.24, 2.45) is 0 Å². The van der Waals surface area contributed by atoms with Gasteiger partial charge in [-0.05, 0) is 44.0 Å². The molecule has 2 aliphatic rings. The van der Waals surface area contributed by atoms with Crippen LogP contribution in [0.15, 0.2) is 24.3 Å². The molecule has 1 atom stereocenters. The maximum Gasteiger partial charge on any atom is 0.338 e. The van der Waals surface area contributed by atoms with E-state index in [4.69, 9.17) is 4.74 Å². The lowest BCUT2D eigenvalue weighted by atomic mass is 10.0. The Balaban J connectivity index is 1.52. The van der Waals surface area contributed by atoms with Gasteiger partial charge in [0.05, 0.1) is 22.6 Å². The van der Waals surface area contributed by atoms with Crippen LogP contribution in [0.1, 0.15) is 36.5 Å². The highest BCUT2D eigenvalue weighted by molar-refractivity contribution is 7.91. The summed E-state index contributed by atoms with van der Waals surface area (Å²) in [6.45, 7) is 1.84. The van der Waals surface area contributed by atoms with E-state index in [1.165, 1.54) is 0 Å². The molecule has 2 saturated heterocycles. The van der Waals surface area contributed by atoms with Gasteiger partial charge in [-0.25, -0.2) is 13.2 Å². The molecule has 1 N–H and O–H groups in total. The van der Waals surface area contributed by atoms with Crippen LogP contribution in [0.4, 0.5) is 5.69 Å². The Morgan fingerprint density at radius 3 is 2.52 bits per heavy atom. The number of benzene rings is 1. The summed E-state index contributed by atoms with van der Waals surface area (Å²) in [6, 6.07) is 6.44. The van der Waals surface area contributed by atoms with E-state index in [-0.39, 0.29) is 23.0 Å². The number of nitrogens with zero attached hydrogens (tertiary/aromatic N) is 1. The van der Waals surface area contributed by atoms with E-state index < -0.39 is 33.9 Å². The molecule has 146 valence electrons. The van der Waals surface area contributed by atoms with Gasteiger partial charge in [-0.1, -0.05) is 0 Å². The molecule has 0 aliphatic carbocycles. The predicted octanol–water partition coefficient (Wildman–Crippen LogP) is 0.664. The number of amides is 2. The van der Waals surface area contributed by atoms with Crippen LogP contribution in [-0.2, 0) is 24.2 Å². The van der Waals surface area contributed by atoms with E-state index >= 15 is 0 Å². The second-order valence-corrected chi connectivity index (χ2v) is 9.41. The first-order chi connectivity index (χ1) is 12.7. The maximum atomic E-state index is 12.1. The number of hydrogen-bond acceptors (Lipinski definition) is 6. The SMILES string of the molecule is C[C@]1(NC(=O)COC(=O)c2ccc(N3CCCC3=O)cc2)CCS(=O)(=O)C1. The fourth-order valence-electron chi connectivity index (χ4n) is 3.39. The van der Waals surface area contributed by atoms with Crippen molar-refractivity contribution >= 4 is 33.3 Å². The Kier molecular flexibility index (Phi) is 5.23. The van der Waals surface area contributed by atoms with Gasteiger partial charge >= 0.3 is 5.97 Å². The van der Waals surface area contributed by atoms with Gasteiger partial charge in [0.25, 0.3) is 5.91 Å². The van der Waals surface area contributed by atoms with Crippen LogP contribution in [0.3, 0.4) is 0 Å². The third-order valence-corrected chi connectivity index (χ3v) is 6.67. The molecule has 9 heteroatoms. The maximum absolute atomic E-state index is 12.1. The van der Waals surface area contributed by atoms with Gasteiger partial charge in [-0.15, -0.1) is 0 Å². The van der Waals surface area contributed by atoms with E-state index in [1.807, 2.05) is 0 Å². The zero-order chi connectivity index (χ0) is 19.7. The Bertz CT molecular complexity index is 864. The molecule has 0 unspecified atom stereocenters. The van der Waals surface area contributed by atoms with E-state index in [2.05, 4.69) is 5.32 Å². The summed E-state index contributed by atoms with van der Waals surface area (Å²) in [5.74, 6) is -1.22. The normalized spacial score (nSPS) is 24.0. The summed E-state index contributed by atoms with van der Waals surface area (Å²) in [7, 11) is -3.14. The molecule has 2 fully saturated rings.